The lowest BCUT2D eigenvalue weighted by atomic mass is 10.1. The highest BCUT2D eigenvalue weighted by molar-refractivity contribution is 7.91. The summed E-state index contributed by atoms with van der Waals surface area (Å²) < 4.78 is 35.7. The fraction of sp³-hybridized carbons (Fsp3) is 0.517. The van der Waals surface area contributed by atoms with E-state index < -0.39 is 64.0 Å². The summed E-state index contributed by atoms with van der Waals surface area (Å²) in [6.07, 6.45) is 0.0135. The fourth-order valence-corrected chi connectivity index (χ4v) is 6.07. The van der Waals surface area contributed by atoms with Gasteiger partial charge in [-0.2, -0.15) is 5.10 Å². The molecule has 2 aliphatic rings. The van der Waals surface area contributed by atoms with Gasteiger partial charge < -0.3 is 34.5 Å². The van der Waals surface area contributed by atoms with Crippen LogP contribution in [0.4, 0.5) is 4.79 Å². The van der Waals surface area contributed by atoms with Crippen LogP contribution in [-0.2, 0) is 33.8 Å². The van der Waals surface area contributed by atoms with Gasteiger partial charge in [-0.05, 0) is 31.9 Å². The van der Waals surface area contributed by atoms with Crippen molar-refractivity contribution in [3.05, 3.63) is 42.1 Å². The Morgan fingerprint density at radius 1 is 1.04 bits per heavy atom. The van der Waals surface area contributed by atoms with Gasteiger partial charge in [0.1, 0.15) is 6.04 Å². The number of ether oxygens (including phenoxy) is 2. The number of carboxylic acid groups (broad SMARTS) is 1. The molecule has 2 atom stereocenters. The number of hydrogen-bond donors (Lipinski definition) is 2. The third-order valence-corrected chi connectivity index (χ3v) is 9.22. The summed E-state index contributed by atoms with van der Waals surface area (Å²) in [4.78, 5) is 70.6. The summed E-state index contributed by atoms with van der Waals surface area (Å²) in [6.45, 7) is 2.32. The molecular formula is C29H38N6O11S. The Balaban J connectivity index is 1.46. The zero-order chi connectivity index (χ0) is 34.1. The van der Waals surface area contributed by atoms with E-state index in [0.717, 1.165) is 6.26 Å². The van der Waals surface area contributed by atoms with Gasteiger partial charge in [0.05, 0.1) is 30.6 Å². The van der Waals surface area contributed by atoms with Gasteiger partial charge in [-0.25, -0.2) is 17.9 Å². The van der Waals surface area contributed by atoms with E-state index in [9.17, 15) is 37.5 Å². The van der Waals surface area contributed by atoms with E-state index in [1.807, 2.05) is 0 Å². The summed E-state index contributed by atoms with van der Waals surface area (Å²) in [5.74, 6) is -2.84. The molecule has 0 spiro atoms. The van der Waals surface area contributed by atoms with Crippen molar-refractivity contribution < 1.29 is 51.8 Å². The van der Waals surface area contributed by atoms with E-state index in [4.69, 9.17) is 14.3 Å². The lowest BCUT2D eigenvalue weighted by molar-refractivity contribution is -0.157. The van der Waals surface area contributed by atoms with E-state index in [1.54, 1.807) is 37.3 Å². The van der Waals surface area contributed by atoms with Crippen LogP contribution < -0.4 is 10.1 Å². The van der Waals surface area contributed by atoms with Gasteiger partial charge in [0.15, 0.2) is 22.1 Å². The molecule has 2 fully saturated rings. The number of likely N-dealkylation sites (tertiary alicyclic amines) is 1. The molecular weight excluding hydrogens is 640 g/mol. The van der Waals surface area contributed by atoms with Crippen molar-refractivity contribution in [1.82, 2.24) is 30.0 Å². The molecule has 0 saturated carbocycles. The molecule has 0 aliphatic carbocycles. The van der Waals surface area contributed by atoms with Crippen molar-refractivity contribution >= 4 is 39.7 Å². The number of hydroxylamine groups is 2. The molecule has 2 N–H and O–H groups in total. The highest BCUT2D eigenvalue weighted by Gasteiger charge is 2.34. The molecule has 1 aromatic carbocycles. The van der Waals surface area contributed by atoms with E-state index in [0.29, 0.717) is 12.1 Å². The summed E-state index contributed by atoms with van der Waals surface area (Å²) in [7, 11) is -3.30. The first-order valence-electron chi connectivity index (χ1n) is 15.0. The van der Waals surface area contributed by atoms with Crippen molar-refractivity contribution in [2.75, 3.05) is 58.7 Å². The number of amides is 3. The second-order valence-corrected chi connectivity index (χ2v) is 13.3. The number of rotatable bonds is 13. The van der Waals surface area contributed by atoms with Crippen LogP contribution >= 0.6 is 0 Å². The number of hydrogen-bond acceptors (Lipinski definition) is 12. The molecule has 47 heavy (non-hydrogen) atoms. The maximum atomic E-state index is 13.4. The zero-order valence-electron chi connectivity index (χ0n) is 26.1. The van der Waals surface area contributed by atoms with Crippen LogP contribution in [0.15, 0.2) is 36.4 Å². The number of nitrogens with zero attached hydrogens (tertiary/aromatic N) is 5. The summed E-state index contributed by atoms with van der Waals surface area (Å²) >= 11 is 0. The van der Waals surface area contributed by atoms with Crippen LogP contribution in [0.2, 0.25) is 0 Å². The molecule has 0 radical (unpaired) electrons. The number of para-hydroxylation sites is 1. The number of carbonyl (C=O) groups excluding carboxylic acids is 4. The summed E-state index contributed by atoms with van der Waals surface area (Å²) in [6, 6.07) is 8.73. The molecule has 2 aliphatic heterocycles. The van der Waals surface area contributed by atoms with Crippen LogP contribution in [-0.4, -0.2) is 138 Å². The van der Waals surface area contributed by atoms with Gasteiger partial charge in [-0.15, -0.1) is 5.06 Å². The number of aromatic nitrogens is 2. The first-order valence-corrected chi connectivity index (χ1v) is 17.0. The van der Waals surface area contributed by atoms with E-state index in [1.165, 1.54) is 25.6 Å². The van der Waals surface area contributed by atoms with Crippen LogP contribution in [0.1, 0.15) is 36.7 Å². The molecule has 2 aromatic rings. The second-order valence-electron chi connectivity index (χ2n) is 11.0. The monoisotopic (exact) mass is 678 g/mol. The first-order chi connectivity index (χ1) is 22.3. The van der Waals surface area contributed by atoms with Gasteiger partial charge in [0.25, 0.3) is 11.8 Å². The Hall–Kier alpha value is -4.71. The number of carboxylic acids is 1. The number of nitrogens with one attached hydrogen (secondary N) is 1. The van der Waals surface area contributed by atoms with E-state index >= 15 is 0 Å². The average Bonchev–Trinajstić information content (AvgIpc) is 3.71. The third kappa shape index (κ3) is 9.65. The minimum absolute atomic E-state index is 0.0414. The SMILES string of the molecule is CCOC(=O)ON1CCN(C(=O)C(CCC(=O)O)NC(=O)c2cc(OCC(=O)N3CC[C@H](S(C)(=O)=O)C3)n(-c3ccccc3)n2)CC1. The van der Waals surface area contributed by atoms with Crippen molar-refractivity contribution in [3.63, 3.8) is 0 Å². The van der Waals surface area contributed by atoms with Crippen molar-refractivity contribution in [2.24, 2.45) is 0 Å². The number of carbonyl (C=O) groups is 5. The molecule has 3 heterocycles. The van der Waals surface area contributed by atoms with E-state index in [-0.39, 0.29) is 63.9 Å². The first kappa shape index (κ1) is 35.1. The van der Waals surface area contributed by atoms with Gasteiger partial charge >= 0.3 is 12.1 Å². The van der Waals surface area contributed by atoms with E-state index in [2.05, 4.69) is 10.4 Å². The molecule has 0 bridgehead atoms. The second kappa shape index (κ2) is 15.7. The Morgan fingerprint density at radius 3 is 2.36 bits per heavy atom. The zero-order valence-corrected chi connectivity index (χ0v) is 26.9. The number of piperazine rings is 1. The average molecular weight is 679 g/mol. The molecule has 3 amide bonds. The van der Waals surface area contributed by atoms with Gasteiger partial charge in [-0.3, -0.25) is 19.2 Å². The maximum absolute atomic E-state index is 13.4. The Kier molecular flexibility index (Phi) is 11.8. The Morgan fingerprint density at radius 2 is 1.74 bits per heavy atom. The quantitative estimate of drug-likeness (QED) is 0.270. The molecule has 18 heteroatoms. The van der Waals surface area contributed by atoms with Crippen molar-refractivity contribution in [1.29, 1.82) is 0 Å². The molecule has 2 saturated heterocycles. The van der Waals surface area contributed by atoms with Crippen LogP contribution in [0, 0.1) is 0 Å². The fourth-order valence-electron chi connectivity index (χ4n) is 5.09. The molecule has 4 rings (SSSR count). The Labute approximate surface area is 271 Å². The van der Waals surface area contributed by atoms with Gasteiger partial charge in [0, 0.05) is 44.9 Å². The van der Waals surface area contributed by atoms with Crippen LogP contribution in [0.25, 0.3) is 5.69 Å². The predicted molar refractivity (Wildman–Crippen MR) is 163 cm³/mol. The minimum atomic E-state index is -3.30. The predicted octanol–water partition coefficient (Wildman–Crippen LogP) is 0.0921. The van der Waals surface area contributed by atoms with Gasteiger partial charge in [0.2, 0.25) is 11.8 Å². The highest BCUT2D eigenvalue weighted by atomic mass is 32.2. The molecule has 17 nitrogen and oxygen atoms in total. The largest absolute Gasteiger partial charge is 0.527 e. The number of benzene rings is 1. The lowest BCUT2D eigenvalue weighted by Crippen LogP contribution is -2.55. The molecule has 1 aromatic heterocycles. The van der Waals surface area contributed by atoms with Crippen molar-refractivity contribution in [3.8, 4) is 11.6 Å². The van der Waals surface area contributed by atoms with Crippen LogP contribution in [0.3, 0.4) is 0 Å². The van der Waals surface area contributed by atoms with Crippen molar-refractivity contribution in [2.45, 2.75) is 37.5 Å². The third-order valence-electron chi connectivity index (χ3n) is 7.62. The summed E-state index contributed by atoms with van der Waals surface area (Å²) in [5, 5.41) is 16.9. The number of sulfone groups is 1. The molecule has 256 valence electrons. The summed E-state index contributed by atoms with van der Waals surface area (Å²) in [5.41, 5.74) is 0.351. The number of aliphatic carboxylic acids is 1. The Bertz CT molecular complexity index is 1560. The smallest absolute Gasteiger partial charge is 0.481 e. The normalized spacial score (nSPS) is 17.5. The molecule has 1 unspecified atom stereocenters. The minimum Gasteiger partial charge on any atom is -0.481 e. The lowest BCUT2D eigenvalue weighted by Gasteiger charge is -2.35. The standard InChI is InChI=1S/C29H38N6O11S/c1-3-44-29(41)46-34-15-13-32(14-16-34)28(40)22(9-10-26(37)38)30-27(39)23-17-25(35(31-23)20-7-5-4-6-8-20)45-19-24(36)33-12-11-21(18-33)47(2,42)43/h4-8,17,21-22H,3,9-16,18-19H2,1-2H3,(H,30,39)(H,37,38)/t21-,22?/m0/s1. The van der Waals surface area contributed by atoms with Crippen LogP contribution in [0.5, 0.6) is 5.88 Å². The topological polar surface area (TPSA) is 207 Å². The highest BCUT2D eigenvalue weighted by Crippen LogP contribution is 2.22. The maximum Gasteiger partial charge on any atom is 0.527 e. The van der Waals surface area contributed by atoms with Gasteiger partial charge in [-0.1, -0.05) is 18.2 Å².